The highest BCUT2D eigenvalue weighted by atomic mass is 16.5. The van der Waals surface area contributed by atoms with Crippen molar-refractivity contribution in [2.45, 2.75) is 44.9 Å². The van der Waals surface area contributed by atoms with Crippen molar-refractivity contribution < 1.29 is 9.84 Å². The van der Waals surface area contributed by atoms with Gasteiger partial charge < -0.3 is 9.84 Å². The summed E-state index contributed by atoms with van der Waals surface area (Å²) in [5.74, 6) is 0.886. The molecule has 0 spiro atoms. The molecule has 2 heteroatoms. The molecule has 2 fully saturated rings. The molecule has 14 heavy (non-hydrogen) atoms. The fourth-order valence-corrected chi connectivity index (χ4v) is 3.09. The fraction of sp³-hybridized carbons (Fsp3) is 1.00. The molecule has 2 nitrogen and oxygen atoms in total. The second kappa shape index (κ2) is 4.63. The van der Waals surface area contributed by atoms with Gasteiger partial charge in [-0.15, -0.1) is 0 Å². The highest BCUT2D eigenvalue weighted by molar-refractivity contribution is 4.92. The Kier molecular flexibility index (Phi) is 3.45. The Morgan fingerprint density at radius 3 is 2.36 bits per heavy atom. The van der Waals surface area contributed by atoms with Crippen LogP contribution in [0.4, 0.5) is 0 Å². The molecule has 82 valence electrons. The van der Waals surface area contributed by atoms with Gasteiger partial charge in [-0.2, -0.15) is 0 Å². The Bertz CT molecular complexity index is 169. The summed E-state index contributed by atoms with van der Waals surface area (Å²) in [5, 5.41) is 8.91. The van der Waals surface area contributed by atoms with Crippen LogP contribution in [0, 0.1) is 11.3 Å². The maximum atomic E-state index is 8.91. The standard InChI is InChI=1S/C12H22O2/c13-8-4-7-12(9-14-10-12)11-5-2-1-3-6-11/h11,13H,1-10H2. The Labute approximate surface area is 86.6 Å². The first kappa shape index (κ1) is 10.4. The molecule has 2 rings (SSSR count). The lowest BCUT2D eigenvalue weighted by Crippen LogP contribution is -2.49. The molecule has 2 aliphatic rings. The summed E-state index contributed by atoms with van der Waals surface area (Å²) in [6.45, 7) is 2.25. The van der Waals surface area contributed by atoms with Crippen LogP contribution in [0.3, 0.4) is 0 Å². The van der Waals surface area contributed by atoms with Crippen LogP contribution in [0.15, 0.2) is 0 Å². The molecular formula is C12H22O2. The van der Waals surface area contributed by atoms with Crippen molar-refractivity contribution in [3.8, 4) is 0 Å². The van der Waals surface area contributed by atoms with Crippen molar-refractivity contribution in [1.82, 2.24) is 0 Å². The van der Waals surface area contributed by atoms with E-state index in [1.54, 1.807) is 0 Å². The van der Waals surface area contributed by atoms with Crippen LogP contribution in [-0.4, -0.2) is 24.9 Å². The van der Waals surface area contributed by atoms with Crippen molar-refractivity contribution in [1.29, 1.82) is 0 Å². The fourth-order valence-electron chi connectivity index (χ4n) is 3.09. The van der Waals surface area contributed by atoms with Gasteiger partial charge in [-0.25, -0.2) is 0 Å². The highest BCUT2D eigenvalue weighted by Crippen LogP contribution is 2.46. The van der Waals surface area contributed by atoms with Gasteiger partial charge in [0.1, 0.15) is 0 Å². The predicted molar refractivity (Wildman–Crippen MR) is 56.1 cm³/mol. The van der Waals surface area contributed by atoms with Crippen LogP contribution in [0.25, 0.3) is 0 Å². The van der Waals surface area contributed by atoms with Gasteiger partial charge in [0.25, 0.3) is 0 Å². The average Bonchev–Trinajstić information content (AvgIpc) is 2.18. The van der Waals surface area contributed by atoms with E-state index in [0.717, 1.165) is 25.6 Å². The number of hydrogen-bond donors (Lipinski definition) is 1. The number of aliphatic hydroxyl groups is 1. The maximum Gasteiger partial charge on any atom is 0.0547 e. The van der Waals surface area contributed by atoms with Crippen LogP contribution in [0.5, 0.6) is 0 Å². The van der Waals surface area contributed by atoms with Crippen molar-refractivity contribution in [2.75, 3.05) is 19.8 Å². The van der Waals surface area contributed by atoms with Crippen LogP contribution < -0.4 is 0 Å². The molecule has 1 aliphatic heterocycles. The van der Waals surface area contributed by atoms with E-state index in [0.29, 0.717) is 12.0 Å². The minimum Gasteiger partial charge on any atom is -0.396 e. The van der Waals surface area contributed by atoms with Crippen molar-refractivity contribution in [3.63, 3.8) is 0 Å². The molecule has 0 unspecified atom stereocenters. The van der Waals surface area contributed by atoms with Crippen molar-refractivity contribution in [2.24, 2.45) is 11.3 Å². The van der Waals surface area contributed by atoms with Gasteiger partial charge >= 0.3 is 0 Å². The van der Waals surface area contributed by atoms with E-state index in [-0.39, 0.29) is 0 Å². The molecule has 1 heterocycles. The first-order valence-corrected chi connectivity index (χ1v) is 6.06. The zero-order chi connectivity index (χ0) is 9.86. The lowest BCUT2D eigenvalue weighted by Gasteiger charge is -2.49. The van der Waals surface area contributed by atoms with Gasteiger partial charge in [-0.3, -0.25) is 0 Å². The minimum atomic E-state index is 0.342. The maximum absolute atomic E-state index is 8.91. The Balaban J connectivity index is 1.89. The molecule has 0 atom stereocenters. The molecule has 1 aliphatic carbocycles. The monoisotopic (exact) mass is 198 g/mol. The van der Waals surface area contributed by atoms with E-state index in [1.807, 2.05) is 0 Å². The van der Waals surface area contributed by atoms with Crippen LogP contribution >= 0.6 is 0 Å². The van der Waals surface area contributed by atoms with E-state index in [1.165, 1.54) is 38.5 Å². The predicted octanol–water partition coefficient (Wildman–Crippen LogP) is 2.36. The summed E-state index contributed by atoms with van der Waals surface area (Å²) in [6.07, 6.45) is 9.17. The Morgan fingerprint density at radius 2 is 1.86 bits per heavy atom. The zero-order valence-electron chi connectivity index (χ0n) is 9.00. The quantitative estimate of drug-likeness (QED) is 0.751. The largest absolute Gasteiger partial charge is 0.396 e. The van der Waals surface area contributed by atoms with Crippen LogP contribution in [0.1, 0.15) is 44.9 Å². The number of hydrogen-bond acceptors (Lipinski definition) is 2. The molecular weight excluding hydrogens is 176 g/mol. The summed E-state index contributed by atoms with van der Waals surface area (Å²) in [4.78, 5) is 0. The van der Waals surface area contributed by atoms with Crippen LogP contribution in [0.2, 0.25) is 0 Å². The smallest absolute Gasteiger partial charge is 0.0547 e. The highest BCUT2D eigenvalue weighted by Gasteiger charge is 2.44. The van der Waals surface area contributed by atoms with Crippen molar-refractivity contribution >= 4 is 0 Å². The third-order valence-corrected chi connectivity index (χ3v) is 4.08. The average molecular weight is 198 g/mol. The minimum absolute atomic E-state index is 0.342. The van der Waals surface area contributed by atoms with E-state index in [9.17, 15) is 0 Å². The normalized spacial score (nSPS) is 27.2. The van der Waals surface area contributed by atoms with E-state index in [2.05, 4.69) is 0 Å². The molecule has 0 aromatic carbocycles. The second-order valence-corrected chi connectivity index (χ2v) is 5.02. The van der Waals surface area contributed by atoms with Crippen LogP contribution in [-0.2, 0) is 4.74 Å². The summed E-state index contributed by atoms with van der Waals surface area (Å²) >= 11 is 0. The molecule has 0 amide bonds. The lowest BCUT2D eigenvalue weighted by molar-refractivity contribution is -0.158. The Hall–Kier alpha value is -0.0800. The zero-order valence-corrected chi connectivity index (χ0v) is 9.00. The third kappa shape index (κ3) is 1.96. The van der Waals surface area contributed by atoms with Crippen molar-refractivity contribution in [3.05, 3.63) is 0 Å². The van der Waals surface area contributed by atoms with Gasteiger partial charge in [-0.05, 0) is 31.6 Å². The van der Waals surface area contributed by atoms with Gasteiger partial charge in [0, 0.05) is 12.0 Å². The second-order valence-electron chi connectivity index (χ2n) is 5.02. The van der Waals surface area contributed by atoms with Gasteiger partial charge in [-0.1, -0.05) is 19.3 Å². The number of aliphatic hydroxyl groups excluding tert-OH is 1. The van der Waals surface area contributed by atoms with Gasteiger partial charge in [0.15, 0.2) is 0 Å². The number of rotatable bonds is 4. The van der Waals surface area contributed by atoms with Gasteiger partial charge in [0.05, 0.1) is 13.2 Å². The topological polar surface area (TPSA) is 29.5 Å². The van der Waals surface area contributed by atoms with E-state index in [4.69, 9.17) is 9.84 Å². The molecule has 1 saturated heterocycles. The lowest BCUT2D eigenvalue weighted by atomic mass is 9.65. The molecule has 0 radical (unpaired) electrons. The summed E-state index contributed by atoms with van der Waals surface area (Å²) in [7, 11) is 0. The number of ether oxygens (including phenoxy) is 1. The SMILES string of the molecule is OCCCC1(C2CCCCC2)COC1. The summed E-state index contributed by atoms with van der Waals surface area (Å²) in [5.41, 5.74) is 0.461. The third-order valence-electron chi connectivity index (χ3n) is 4.08. The first-order chi connectivity index (χ1) is 6.87. The van der Waals surface area contributed by atoms with E-state index < -0.39 is 0 Å². The summed E-state index contributed by atoms with van der Waals surface area (Å²) < 4.78 is 5.41. The molecule has 1 saturated carbocycles. The van der Waals surface area contributed by atoms with E-state index >= 15 is 0 Å². The molecule has 0 aromatic rings. The summed E-state index contributed by atoms with van der Waals surface area (Å²) in [6, 6.07) is 0. The molecule has 0 aromatic heterocycles. The van der Waals surface area contributed by atoms with Gasteiger partial charge in [0.2, 0.25) is 0 Å². The molecule has 0 bridgehead atoms. The first-order valence-electron chi connectivity index (χ1n) is 6.06. The Morgan fingerprint density at radius 1 is 1.14 bits per heavy atom. The molecule has 1 N–H and O–H groups in total.